The minimum absolute atomic E-state index is 0.297. The van der Waals surface area contributed by atoms with Gasteiger partial charge in [0.2, 0.25) is 5.91 Å². The number of anilines is 1. The maximum atomic E-state index is 12.7. The van der Waals surface area contributed by atoms with Crippen molar-refractivity contribution in [2.45, 2.75) is 32.1 Å². The number of hydroxylamine groups is 1. The number of para-hydroxylation sites is 1. The summed E-state index contributed by atoms with van der Waals surface area (Å²) in [6.45, 7) is 0.993. The summed E-state index contributed by atoms with van der Waals surface area (Å²) >= 11 is 0. The summed E-state index contributed by atoms with van der Waals surface area (Å²) in [5.74, 6) is 0.0458. The second-order valence-corrected chi connectivity index (χ2v) is 8.04. The zero-order valence-electron chi connectivity index (χ0n) is 13.9. The molecule has 0 radical (unpaired) electrons. The topological polar surface area (TPSA) is 90.0 Å². The van der Waals surface area contributed by atoms with Crippen LogP contribution in [0.5, 0.6) is 0 Å². The molecule has 1 heterocycles. The van der Waals surface area contributed by atoms with E-state index >= 15 is 0 Å². The minimum atomic E-state index is -3.51. The van der Waals surface area contributed by atoms with E-state index in [1.807, 2.05) is 18.2 Å². The normalized spacial score (nSPS) is 16.8. The quantitative estimate of drug-likeness (QED) is 0.576. The van der Waals surface area contributed by atoms with Crippen molar-refractivity contribution >= 4 is 21.8 Å². The Labute approximate surface area is 143 Å². The van der Waals surface area contributed by atoms with Crippen molar-refractivity contribution < 1.29 is 18.4 Å². The van der Waals surface area contributed by atoms with Crippen LogP contribution in [0.3, 0.4) is 0 Å². The molecule has 0 aromatic heterocycles. The SMILES string of the molecule is CN(c1ccccc1)S(=O)(=O)N1CCC(CCCC(=O)NO)CC1. The molecule has 7 nitrogen and oxygen atoms in total. The van der Waals surface area contributed by atoms with E-state index in [4.69, 9.17) is 5.21 Å². The third-order valence-electron chi connectivity index (χ3n) is 4.51. The Balaban J connectivity index is 1.86. The number of carbonyl (C=O) groups is 1. The van der Waals surface area contributed by atoms with E-state index in [2.05, 4.69) is 0 Å². The highest BCUT2D eigenvalue weighted by Crippen LogP contribution is 2.26. The molecule has 1 aromatic rings. The van der Waals surface area contributed by atoms with Gasteiger partial charge in [-0.15, -0.1) is 0 Å². The van der Waals surface area contributed by atoms with E-state index in [1.165, 1.54) is 8.61 Å². The van der Waals surface area contributed by atoms with E-state index in [-0.39, 0.29) is 5.91 Å². The highest BCUT2D eigenvalue weighted by Gasteiger charge is 2.31. The predicted molar refractivity (Wildman–Crippen MR) is 91.8 cm³/mol. The van der Waals surface area contributed by atoms with E-state index in [0.717, 1.165) is 19.3 Å². The van der Waals surface area contributed by atoms with Crippen LogP contribution >= 0.6 is 0 Å². The lowest BCUT2D eigenvalue weighted by Crippen LogP contribution is -2.45. The number of benzene rings is 1. The average Bonchev–Trinajstić information content (AvgIpc) is 2.62. The molecule has 0 aliphatic carbocycles. The van der Waals surface area contributed by atoms with Gasteiger partial charge in [-0.1, -0.05) is 18.2 Å². The van der Waals surface area contributed by atoms with Crippen molar-refractivity contribution in [3.63, 3.8) is 0 Å². The van der Waals surface area contributed by atoms with Crippen LogP contribution in [0.2, 0.25) is 0 Å². The Morgan fingerprint density at radius 2 is 1.92 bits per heavy atom. The first-order valence-electron chi connectivity index (χ1n) is 8.17. The van der Waals surface area contributed by atoms with Gasteiger partial charge in [0.25, 0.3) is 0 Å². The van der Waals surface area contributed by atoms with E-state index in [1.54, 1.807) is 24.7 Å². The molecule has 0 unspecified atom stereocenters. The smallest absolute Gasteiger partial charge is 0.289 e. The number of piperidine rings is 1. The Hall–Kier alpha value is -1.64. The zero-order valence-corrected chi connectivity index (χ0v) is 14.7. The van der Waals surface area contributed by atoms with Gasteiger partial charge in [0.05, 0.1) is 5.69 Å². The lowest BCUT2D eigenvalue weighted by molar-refractivity contribution is -0.129. The highest BCUT2D eigenvalue weighted by molar-refractivity contribution is 7.90. The average molecular weight is 355 g/mol. The van der Waals surface area contributed by atoms with Crippen molar-refractivity contribution in [1.82, 2.24) is 9.79 Å². The second-order valence-electron chi connectivity index (χ2n) is 6.08. The molecule has 8 heteroatoms. The van der Waals surface area contributed by atoms with Crippen LogP contribution < -0.4 is 9.79 Å². The van der Waals surface area contributed by atoms with Crippen LogP contribution in [0.25, 0.3) is 0 Å². The molecule has 0 spiro atoms. The predicted octanol–water partition coefficient (Wildman–Crippen LogP) is 1.76. The van der Waals surface area contributed by atoms with Crippen LogP contribution in [-0.2, 0) is 15.0 Å². The van der Waals surface area contributed by atoms with Gasteiger partial charge in [0, 0.05) is 26.6 Å². The molecule has 2 rings (SSSR count). The minimum Gasteiger partial charge on any atom is -0.289 e. The largest absolute Gasteiger partial charge is 0.303 e. The Morgan fingerprint density at radius 3 is 2.50 bits per heavy atom. The van der Waals surface area contributed by atoms with Crippen LogP contribution in [0.4, 0.5) is 5.69 Å². The molecule has 1 fully saturated rings. The van der Waals surface area contributed by atoms with Gasteiger partial charge >= 0.3 is 10.2 Å². The molecular formula is C16H25N3O4S. The molecule has 0 atom stereocenters. The molecule has 1 saturated heterocycles. The van der Waals surface area contributed by atoms with Gasteiger partial charge in [-0.3, -0.25) is 14.3 Å². The van der Waals surface area contributed by atoms with Crippen molar-refractivity contribution in [2.24, 2.45) is 5.92 Å². The highest BCUT2D eigenvalue weighted by atomic mass is 32.2. The lowest BCUT2D eigenvalue weighted by Gasteiger charge is -2.34. The summed E-state index contributed by atoms with van der Waals surface area (Å²) in [5, 5.41) is 8.46. The van der Waals surface area contributed by atoms with Gasteiger partial charge < -0.3 is 0 Å². The zero-order chi connectivity index (χ0) is 17.6. The first kappa shape index (κ1) is 18.7. The van der Waals surface area contributed by atoms with E-state index in [9.17, 15) is 13.2 Å². The summed E-state index contributed by atoms with van der Waals surface area (Å²) in [5.41, 5.74) is 2.27. The van der Waals surface area contributed by atoms with Gasteiger partial charge in [0.15, 0.2) is 0 Å². The van der Waals surface area contributed by atoms with Crippen molar-refractivity contribution in [3.8, 4) is 0 Å². The van der Waals surface area contributed by atoms with E-state index < -0.39 is 10.2 Å². The number of amides is 1. The fourth-order valence-electron chi connectivity index (χ4n) is 2.98. The van der Waals surface area contributed by atoms with Gasteiger partial charge in [-0.2, -0.15) is 12.7 Å². The second kappa shape index (κ2) is 8.46. The molecule has 0 bridgehead atoms. The summed E-state index contributed by atoms with van der Waals surface area (Å²) < 4.78 is 28.3. The van der Waals surface area contributed by atoms with Crippen molar-refractivity contribution in [2.75, 3.05) is 24.4 Å². The Morgan fingerprint density at radius 1 is 1.29 bits per heavy atom. The number of hydrogen-bond donors (Lipinski definition) is 2. The monoisotopic (exact) mass is 355 g/mol. The number of nitrogens with zero attached hydrogens (tertiary/aromatic N) is 2. The molecular weight excluding hydrogens is 330 g/mol. The van der Waals surface area contributed by atoms with Crippen LogP contribution in [0.15, 0.2) is 30.3 Å². The molecule has 1 aliphatic rings. The molecule has 1 amide bonds. The molecule has 1 aliphatic heterocycles. The molecule has 0 saturated carbocycles. The van der Waals surface area contributed by atoms with Gasteiger partial charge in [0.1, 0.15) is 0 Å². The Kier molecular flexibility index (Phi) is 6.59. The van der Waals surface area contributed by atoms with Crippen LogP contribution in [0, 0.1) is 5.92 Å². The fraction of sp³-hybridized carbons (Fsp3) is 0.562. The summed E-state index contributed by atoms with van der Waals surface area (Å²) in [7, 11) is -1.93. The summed E-state index contributed by atoms with van der Waals surface area (Å²) in [6.07, 6.45) is 3.46. The molecule has 2 N–H and O–H groups in total. The van der Waals surface area contributed by atoms with Gasteiger partial charge in [-0.05, 0) is 43.7 Å². The van der Waals surface area contributed by atoms with Crippen LogP contribution in [0.1, 0.15) is 32.1 Å². The van der Waals surface area contributed by atoms with Gasteiger partial charge in [-0.25, -0.2) is 5.48 Å². The molecule has 1 aromatic carbocycles. The number of carbonyl (C=O) groups excluding carboxylic acids is 1. The first-order chi connectivity index (χ1) is 11.4. The summed E-state index contributed by atoms with van der Waals surface area (Å²) in [6, 6.07) is 9.03. The number of rotatable bonds is 7. The summed E-state index contributed by atoms with van der Waals surface area (Å²) in [4.78, 5) is 11.0. The standard InChI is InChI=1S/C16H25N3O4S/c1-18(15-7-3-2-4-8-15)24(22,23)19-12-10-14(11-13-19)6-5-9-16(20)17-21/h2-4,7-8,14,21H,5-6,9-13H2,1H3,(H,17,20). The number of hydrogen-bond acceptors (Lipinski definition) is 4. The number of nitrogens with one attached hydrogen (secondary N) is 1. The lowest BCUT2D eigenvalue weighted by atomic mass is 9.92. The molecule has 134 valence electrons. The maximum absolute atomic E-state index is 12.7. The molecule has 24 heavy (non-hydrogen) atoms. The fourth-order valence-corrected chi connectivity index (χ4v) is 4.39. The third kappa shape index (κ3) is 4.68. The third-order valence-corrected chi connectivity index (χ3v) is 6.43. The van der Waals surface area contributed by atoms with Crippen molar-refractivity contribution in [3.05, 3.63) is 30.3 Å². The van der Waals surface area contributed by atoms with Crippen LogP contribution in [-0.4, -0.2) is 44.0 Å². The Bertz CT molecular complexity index is 628. The van der Waals surface area contributed by atoms with E-state index in [0.29, 0.717) is 37.5 Å². The maximum Gasteiger partial charge on any atom is 0.303 e. The first-order valence-corrected chi connectivity index (χ1v) is 9.57. The van der Waals surface area contributed by atoms with Crippen molar-refractivity contribution in [1.29, 1.82) is 0 Å².